The Hall–Kier alpha value is -3.01. The van der Waals surface area contributed by atoms with Crippen molar-refractivity contribution >= 4 is 22.3 Å². The first kappa shape index (κ1) is 21.2. The van der Waals surface area contributed by atoms with Gasteiger partial charge in [-0.1, -0.05) is 36.4 Å². The minimum absolute atomic E-state index is 0. The Labute approximate surface area is 190 Å². The molecule has 1 N–H and O–H groups in total. The van der Waals surface area contributed by atoms with Crippen LogP contribution in [0.4, 0.5) is 0 Å². The third kappa shape index (κ3) is 3.87. The first-order chi connectivity index (χ1) is 14.6. The van der Waals surface area contributed by atoms with Crippen LogP contribution in [0, 0.1) is 0 Å². The number of ketones is 2. The fraction of sp³-hybridized carbons (Fsp3) is 0.154. The van der Waals surface area contributed by atoms with E-state index in [9.17, 15) is 9.59 Å². The van der Waals surface area contributed by atoms with Crippen molar-refractivity contribution in [2.45, 2.75) is 18.8 Å². The van der Waals surface area contributed by atoms with Gasteiger partial charge in [0.1, 0.15) is 11.5 Å². The molecule has 0 aliphatic heterocycles. The zero-order valence-corrected chi connectivity index (χ0v) is 17.6. The molecule has 1 unspecified atom stereocenters. The molecule has 2 aliphatic rings. The standard InChI is InChI=1S/C26H20O4.Ni/c27-13-12-16-4-8-19(9-5-16)30-25-11-6-17-14-22(20-2-1-3-21(25)26(17)20)23-15-18(28)7-10-24(23)29;/h1-11,15,22,27H,12-14H2;. The van der Waals surface area contributed by atoms with Crippen LogP contribution in [-0.4, -0.2) is 23.3 Å². The number of benzene rings is 3. The predicted octanol–water partition coefficient (Wildman–Crippen LogP) is 4.44. The third-order valence-electron chi connectivity index (χ3n) is 5.83. The maximum Gasteiger partial charge on any atom is 0.182 e. The van der Waals surface area contributed by atoms with E-state index in [2.05, 4.69) is 0 Å². The second-order valence-electron chi connectivity index (χ2n) is 7.67. The molecule has 5 heteroatoms. The SMILES string of the molecule is O=C1C=CC(=O)C(C2Cc3ccc(Oc4ccc(CCO)cc4)c4cccc2c34)=C1.[Ni]. The summed E-state index contributed by atoms with van der Waals surface area (Å²) in [5, 5.41) is 11.2. The van der Waals surface area contributed by atoms with Gasteiger partial charge in [0.25, 0.3) is 0 Å². The van der Waals surface area contributed by atoms with E-state index in [0.717, 1.165) is 39.0 Å². The third-order valence-corrected chi connectivity index (χ3v) is 5.83. The molecule has 0 saturated heterocycles. The molecule has 0 amide bonds. The van der Waals surface area contributed by atoms with Gasteiger partial charge in [-0.3, -0.25) is 9.59 Å². The van der Waals surface area contributed by atoms with Crippen LogP contribution in [0.15, 0.2) is 78.4 Å². The number of aliphatic hydroxyl groups is 1. The van der Waals surface area contributed by atoms with Crippen molar-refractivity contribution in [1.29, 1.82) is 0 Å². The van der Waals surface area contributed by atoms with Gasteiger partial charge in [-0.2, -0.15) is 0 Å². The van der Waals surface area contributed by atoms with Gasteiger partial charge in [0.2, 0.25) is 0 Å². The van der Waals surface area contributed by atoms with Gasteiger partial charge >= 0.3 is 0 Å². The Morgan fingerprint density at radius 2 is 1.77 bits per heavy atom. The number of hydrogen-bond acceptors (Lipinski definition) is 4. The number of carbonyl (C=O) groups excluding carboxylic acids is 2. The van der Waals surface area contributed by atoms with E-state index >= 15 is 0 Å². The molecule has 31 heavy (non-hydrogen) atoms. The molecule has 1 atom stereocenters. The molecule has 0 aromatic heterocycles. The van der Waals surface area contributed by atoms with Gasteiger partial charge in [0.05, 0.1) is 0 Å². The minimum Gasteiger partial charge on any atom is -0.457 e. The van der Waals surface area contributed by atoms with Crippen LogP contribution in [0.1, 0.15) is 22.6 Å². The van der Waals surface area contributed by atoms with Crippen molar-refractivity contribution in [3.8, 4) is 11.5 Å². The Morgan fingerprint density at radius 3 is 2.55 bits per heavy atom. The summed E-state index contributed by atoms with van der Waals surface area (Å²) in [6.07, 6.45) is 5.49. The fourth-order valence-corrected chi connectivity index (χ4v) is 4.42. The molecule has 0 heterocycles. The Morgan fingerprint density at radius 1 is 0.968 bits per heavy atom. The molecule has 0 fully saturated rings. The quantitative estimate of drug-likeness (QED) is 0.457. The van der Waals surface area contributed by atoms with Crippen LogP contribution in [-0.2, 0) is 38.9 Å². The van der Waals surface area contributed by atoms with Crippen LogP contribution in [0.25, 0.3) is 10.8 Å². The largest absolute Gasteiger partial charge is 0.457 e. The number of carbonyl (C=O) groups is 2. The number of hydrogen-bond donors (Lipinski definition) is 1. The first-order valence-corrected chi connectivity index (χ1v) is 10.0. The average Bonchev–Trinajstić information content (AvgIpc) is 3.13. The van der Waals surface area contributed by atoms with Gasteiger partial charge in [-0.25, -0.2) is 0 Å². The monoisotopic (exact) mass is 454 g/mol. The zero-order valence-electron chi connectivity index (χ0n) is 16.6. The van der Waals surface area contributed by atoms with E-state index in [-0.39, 0.29) is 40.6 Å². The van der Waals surface area contributed by atoms with Crippen LogP contribution in [0.3, 0.4) is 0 Å². The van der Waals surface area contributed by atoms with Gasteiger partial charge in [0, 0.05) is 40.0 Å². The van der Waals surface area contributed by atoms with Gasteiger partial charge in [-0.05, 0) is 71.3 Å². The molecule has 3 aromatic carbocycles. The number of rotatable bonds is 5. The van der Waals surface area contributed by atoms with Crippen LogP contribution < -0.4 is 4.74 Å². The van der Waals surface area contributed by atoms with Gasteiger partial charge < -0.3 is 9.84 Å². The second-order valence-corrected chi connectivity index (χ2v) is 7.67. The topological polar surface area (TPSA) is 63.6 Å². The van der Waals surface area contributed by atoms with Crippen molar-refractivity contribution in [1.82, 2.24) is 0 Å². The zero-order chi connectivity index (χ0) is 20.7. The average molecular weight is 455 g/mol. The van der Waals surface area contributed by atoms with Crippen LogP contribution >= 0.6 is 0 Å². The molecular formula is C26H20NiO4. The second kappa shape index (κ2) is 8.62. The maximum atomic E-state index is 12.4. The molecule has 2 aliphatic carbocycles. The molecule has 0 saturated carbocycles. The van der Waals surface area contributed by atoms with Crippen LogP contribution in [0.2, 0.25) is 0 Å². The summed E-state index contributed by atoms with van der Waals surface area (Å²) in [5.41, 5.74) is 3.84. The van der Waals surface area contributed by atoms with Crippen molar-refractivity contribution in [3.63, 3.8) is 0 Å². The molecule has 0 spiro atoms. The summed E-state index contributed by atoms with van der Waals surface area (Å²) < 4.78 is 6.17. The number of aliphatic hydroxyl groups excluding tert-OH is 1. The molecule has 4 nitrogen and oxygen atoms in total. The van der Waals surface area contributed by atoms with E-state index in [1.54, 1.807) is 0 Å². The molecule has 158 valence electrons. The van der Waals surface area contributed by atoms with E-state index in [1.165, 1.54) is 18.2 Å². The Balaban J connectivity index is 0.00000231. The summed E-state index contributed by atoms with van der Waals surface area (Å²) in [4.78, 5) is 24.3. The summed E-state index contributed by atoms with van der Waals surface area (Å²) >= 11 is 0. The Kier molecular flexibility index (Phi) is 5.91. The summed E-state index contributed by atoms with van der Waals surface area (Å²) in [6.45, 7) is 0.122. The molecular weight excluding hydrogens is 435 g/mol. The first-order valence-electron chi connectivity index (χ1n) is 10.0. The maximum absolute atomic E-state index is 12.4. The molecule has 3 aromatic rings. The number of allylic oxidation sites excluding steroid dienone is 4. The van der Waals surface area contributed by atoms with Gasteiger partial charge in [0.15, 0.2) is 11.6 Å². The smallest absolute Gasteiger partial charge is 0.182 e. The van der Waals surface area contributed by atoms with Crippen molar-refractivity contribution < 1.29 is 35.9 Å². The van der Waals surface area contributed by atoms with E-state index in [4.69, 9.17) is 9.84 Å². The van der Waals surface area contributed by atoms with Crippen molar-refractivity contribution in [2.24, 2.45) is 0 Å². The summed E-state index contributed by atoms with van der Waals surface area (Å²) in [6, 6.07) is 17.8. The Bertz CT molecular complexity index is 1240. The van der Waals surface area contributed by atoms with Gasteiger partial charge in [-0.15, -0.1) is 0 Å². The van der Waals surface area contributed by atoms with E-state index in [0.29, 0.717) is 18.4 Å². The molecule has 0 radical (unpaired) electrons. The van der Waals surface area contributed by atoms with Crippen molar-refractivity contribution in [3.05, 3.63) is 95.1 Å². The van der Waals surface area contributed by atoms with E-state index in [1.807, 2.05) is 54.6 Å². The number of ether oxygens (including phenoxy) is 1. The predicted molar refractivity (Wildman–Crippen MR) is 115 cm³/mol. The molecule has 5 rings (SSSR count). The van der Waals surface area contributed by atoms with Crippen LogP contribution in [0.5, 0.6) is 11.5 Å². The van der Waals surface area contributed by atoms with E-state index < -0.39 is 0 Å². The normalized spacial score (nSPS) is 16.9. The minimum atomic E-state index is -0.138. The molecule has 0 bridgehead atoms. The fourth-order valence-electron chi connectivity index (χ4n) is 4.42. The summed E-state index contributed by atoms with van der Waals surface area (Å²) in [7, 11) is 0. The summed E-state index contributed by atoms with van der Waals surface area (Å²) in [5.74, 6) is 1.14. The van der Waals surface area contributed by atoms with Crippen molar-refractivity contribution in [2.75, 3.05) is 6.61 Å².